The van der Waals surface area contributed by atoms with Crippen LogP contribution in [0.1, 0.15) is 44.9 Å². The van der Waals surface area contributed by atoms with Gasteiger partial charge >= 0.3 is 5.97 Å². The van der Waals surface area contributed by atoms with Crippen LogP contribution in [-0.4, -0.2) is 54.1 Å². The summed E-state index contributed by atoms with van der Waals surface area (Å²) in [6.07, 6.45) is 5.13. The average molecular weight is 320 g/mol. The SMILES string of the molecule is O=C(O)C1CCCN(S(=O)(=O)NC2(CO)CCCCC2)C1. The topological polar surface area (TPSA) is 107 Å². The van der Waals surface area contributed by atoms with E-state index in [4.69, 9.17) is 5.11 Å². The number of nitrogens with one attached hydrogen (secondary N) is 1. The van der Waals surface area contributed by atoms with E-state index in [1.165, 1.54) is 4.31 Å². The molecule has 2 fully saturated rings. The minimum atomic E-state index is -3.76. The zero-order valence-corrected chi connectivity index (χ0v) is 12.9. The van der Waals surface area contributed by atoms with Gasteiger partial charge in [-0.2, -0.15) is 17.4 Å². The molecule has 122 valence electrons. The summed E-state index contributed by atoms with van der Waals surface area (Å²) in [6.45, 7) is 0.120. The molecule has 1 saturated carbocycles. The molecular weight excluding hydrogens is 296 g/mol. The molecule has 21 heavy (non-hydrogen) atoms. The summed E-state index contributed by atoms with van der Waals surface area (Å²) >= 11 is 0. The van der Waals surface area contributed by atoms with Crippen LogP contribution >= 0.6 is 0 Å². The van der Waals surface area contributed by atoms with Gasteiger partial charge in [0.25, 0.3) is 10.2 Å². The molecular formula is C13H24N2O5S. The number of aliphatic carboxylic acids is 1. The smallest absolute Gasteiger partial charge is 0.307 e. The van der Waals surface area contributed by atoms with Gasteiger partial charge in [0.05, 0.1) is 18.1 Å². The molecule has 1 aliphatic heterocycles. The molecule has 1 heterocycles. The Balaban J connectivity index is 2.08. The quantitative estimate of drug-likeness (QED) is 0.676. The van der Waals surface area contributed by atoms with Gasteiger partial charge in [-0.1, -0.05) is 19.3 Å². The van der Waals surface area contributed by atoms with Crippen molar-refractivity contribution >= 4 is 16.2 Å². The van der Waals surface area contributed by atoms with Crippen molar-refractivity contribution < 1.29 is 23.4 Å². The lowest BCUT2D eigenvalue weighted by Gasteiger charge is -2.39. The van der Waals surface area contributed by atoms with Gasteiger partial charge < -0.3 is 10.2 Å². The number of carbonyl (C=O) groups is 1. The van der Waals surface area contributed by atoms with Crippen LogP contribution in [0.5, 0.6) is 0 Å². The molecule has 2 aliphatic rings. The maximum atomic E-state index is 12.5. The number of nitrogens with zero attached hydrogens (tertiary/aromatic N) is 1. The van der Waals surface area contributed by atoms with Gasteiger partial charge in [0.2, 0.25) is 0 Å². The maximum absolute atomic E-state index is 12.5. The average Bonchev–Trinajstić information content (AvgIpc) is 2.48. The number of carboxylic acid groups (broad SMARTS) is 1. The molecule has 0 aromatic carbocycles. The fraction of sp³-hybridized carbons (Fsp3) is 0.923. The molecule has 7 nitrogen and oxygen atoms in total. The van der Waals surface area contributed by atoms with E-state index in [0.29, 0.717) is 32.2 Å². The van der Waals surface area contributed by atoms with Crippen LogP contribution in [0.2, 0.25) is 0 Å². The Morgan fingerprint density at radius 3 is 2.48 bits per heavy atom. The van der Waals surface area contributed by atoms with E-state index in [1.54, 1.807) is 0 Å². The summed E-state index contributed by atoms with van der Waals surface area (Å²) in [7, 11) is -3.76. The van der Waals surface area contributed by atoms with E-state index in [1.807, 2.05) is 0 Å². The highest BCUT2D eigenvalue weighted by atomic mass is 32.2. The Morgan fingerprint density at radius 1 is 1.24 bits per heavy atom. The van der Waals surface area contributed by atoms with Gasteiger partial charge in [0.1, 0.15) is 0 Å². The molecule has 2 rings (SSSR count). The summed E-state index contributed by atoms with van der Waals surface area (Å²) in [5.74, 6) is -1.60. The van der Waals surface area contributed by atoms with Gasteiger partial charge in [-0.15, -0.1) is 0 Å². The summed E-state index contributed by atoms with van der Waals surface area (Å²) < 4.78 is 28.8. The van der Waals surface area contributed by atoms with Crippen molar-refractivity contribution in [2.24, 2.45) is 5.92 Å². The molecule has 0 spiro atoms. The molecule has 3 N–H and O–H groups in total. The number of piperidine rings is 1. The molecule has 1 saturated heterocycles. The second kappa shape index (κ2) is 6.60. The van der Waals surface area contributed by atoms with Crippen LogP contribution in [0.15, 0.2) is 0 Å². The van der Waals surface area contributed by atoms with E-state index in [9.17, 15) is 18.3 Å². The predicted octanol–water partition coefficient (Wildman–Crippen LogP) is 0.313. The summed E-state index contributed by atoms with van der Waals surface area (Å²) in [4.78, 5) is 11.1. The molecule has 0 aromatic heterocycles. The van der Waals surface area contributed by atoms with E-state index < -0.39 is 27.6 Å². The standard InChI is InChI=1S/C13H24N2O5S/c16-10-13(6-2-1-3-7-13)14-21(19,20)15-8-4-5-11(9-15)12(17)18/h11,14,16H,1-10H2,(H,17,18). The van der Waals surface area contributed by atoms with Gasteiger partial charge in [-0.05, 0) is 25.7 Å². The zero-order valence-electron chi connectivity index (χ0n) is 12.1. The maximum Gasteiger partial charge on any atom is 0.307 e. The largest absolute Gasteiger partial charge is 0.481 e. The van der Waals surface area contributed by atoms with E-state index in [2.05, 4.69) is 4.72 Å². The van der Waals surface area contributed by atoms with Crippen molar-refractivity contribution in [3.63, 3.8) is 0 Å². The van der Waals surface area contributed by atoms with Crippen LogP contribution in [0, 0.1) is 5.92 Å². The fourth-order valence-electron chi connectivity index (χ4n) is 3.22. The number of aliphatic hydroxyl groups excluding tert-OH is 1. The normalized spacial score (nSPS) is 27.4. The fourth-order valence-corrected chi connectivity index (χ4v) is 4.91. The van der Waals surface area contributed by atoms with Crippen molar-refractivity contribution in [3.05, 3.63) is 0 Å². The number of carboxylic acids is 1. The Morgan fingerprint density at radius 2 is 1.90 bits per heavy atom. The van der Waals surface area contributed by atoms with Crippen molar-refractivity contribution in [3.8, 4) is 0 Å². The van der Waals surface area contributed by atoms with E-state index in [0.717, 1.165) is 19.3 Å². The molecule has 0 bridgehead atoms. The summed E-state index contributed by atoms with van der Waals surface area (Å²) in [6, 6.07) is 0. The molecule has 1 unspecified atom stereocenters. The first-order valence-corrected chi connectivity index (χ1v) is 8.95. The first-order valence-electron chi connectivity index (χ1n) is 7.51. The second-order valence-corrected chi connectivity index (χ2v) is 7.81. The van der Waals surface area contributed by atoms with Crippen LogP contribution < -0.4 is 4.72 Å². The molecule has 0 radical (unpaired) electrons. The lowest BCUT2D eigenvalue weighted by molar-refractivity contribution is -0.142. The minimum absolute atomic E-state index is 0.00613. The highest BCUT2D eigenvalue weighted by molar-refractivity contribution is 7.87. The highest BCUT2D eigenvalue weighted by Gasteiger charge is 2.39. The lowest BCUT2D eigenvalue weighted by Crippen LogP contribution is -2.58. The second-order valence-electron chi connectivity index (χ2n) is 6.14. The van der Waals surface area contributed by atoms with Crippen LogP contribution in [0.25, 0.3) is 0 Å². The monoisotopic (exact) mass is 320 g/mol. The van der Waals surface area contributed by atoms with Gasteiger partial charge in [-0.3, -0.25) is 4.79 Å². The zero-order chi connectivity index (χ0) is 15.5. The molecule has 8 heteroatoms. The molecule has 1 atom stereocenters. The first kappa shape index (κ1) is 16.7. The minimum Gasteiger partial charge on any atom is -0.481 e. The third kappa shape index (κ3) is 3.94. The molecule has 0 amide bonds. The molecule has 0 aromatic rings. The van der Waals surface area contributed by atoms with E-state index >= 15 is 0 Å². The first-order chi connectivity index (χ1) is 9.88. The number of rotatable bonds is 5. The van der Waals surface area contributed by atoms with Crippen molar-refractivity contribution in [2.45, 2.75) is 50.5 Å². The van der Waals surface area contributed by atoms with Crippen molar-refractivity contribution in [1.82, 2.24) is 9.03 Å². The Bertz CT molecular complexity index is 473. The van der Waals surface area contributed by atoms with Crippen LogP contribution in [0.3, 0.4) is 0 Å². The number of hydrogen-bond acceptors (Lipinski definition) is 4. The summed E-state index contributed by atoms with van der Waals surface area (Å²) in [5, 5.41) is 18.7. The van der Waals surface area contributed by atoms with Crippen molar-refractivity contribution in [1.29, 1.82) is 0 Å². The summed E-state index contributed by atoms with van der Waals surface area (Å²) in [5.41, 5.74) is -0.784. The Labute approximate surface area is 125 Å². The van der Waals surface area contributed by atoms with Crippen molar-refractivity contribution in [2.75, 3.05) is 19.7 Å². The third-order valence-electron chi connectivity index (χ3n) is 4.53. The highest BCUT2D eigenvalue weighted by Crippen LogP contribution is 2.29. The lowest BCUT2D eigenvalue weighted by atomic mass is 9.83. The Hall–Kier alpha value is -0.700. The third-order valence-corrected chi connectivity index (χ3v) is 6.23. The number of hydrogen-bond donors (Lipinski definition) is 3. The Kier molecular flexibility index (Phi) is 5.24. The molecule has 1 aliphatic carbocycles. The van der Waals surface area contributed by atoms with Gasteiger partial charge in [-0.25, -0.2) is 0 Å². The van der Waals surface area contributed by atoms with Crippen LogP contribution in [0.4, 0.5) is 0 Å². The van der Waals surface area contributed by atoms with E-state index in [-0.39, 0.29) is 13.2 Å². The van der Waals surface area contributed by atoms with Crippen LogP contribution in [-0.2, 0) is 15.0 Å². The number of aliphatic hydroxyl groups is 1. The predicted molar refractivity (Wildman–Crippen MR) is 76.9 cm³/mol. The van der Waals surface area contributed by atoms with Gasteiger partial charge in [0, 0.05) is 13.1 Å². The van der Waals surface area contributed by atoms with Gasteiger partial charge in [0.15, 0.2) is 0 Å².